The molecular formula is C19H20N4O3S2. The number of aromatic nitrogens is 2. The molecule has 3 aromatic rings. The molecule has 0 aliphatic heterocycles. The number of aryl methyl sites for hydroxylation is 2. The third-order valence-electron chi connectivity index (χ3n) is 4.24. The predicted octanol–water partition coefficient (Wildman–Crippen LogP) is 3.08. The van der Waals surface area contributed by atoms with Crippen molar-refractivity contribution in [3.8, 4) is 10.6 Å². The Bertz CT molecular complexity index is 1100. The molecule has 3 rings (SSSR count). The van der Waals surface area contributed by atoms with Crippen LogP contribution in [0.2, 0.25) is 0 Å². The van der Waals surface area contributed by atoms with Crippen LogP contribution in [0.15, 0.2) is 53.4 Å². The second-order valence-corrected chi connectivity index (χ2v) is 9.36. The first kappa shape index (κ1) is 20.1. The van der Waals surface area contributed by atoms with Crippen LogP contribution in [0.25, 0.3) is 10.6 Å². The Kier molecular flexibility index (Phi) is 5.87. The first-order valence-electron chi connectivity index (χ1n) is 8.50. The Labute approximate surface area is 168 Å². The minimum Gasteiger partial charge on any atom is -0.299 e. The third-order valence-corrected chi connectivity index (χ3v) is 6.93. The molecule has 28 heavy (non-hydrogen) atoms. The number of nitrogens with zero attached hydrogens (tertiary/aromatic N) is 3. The summed E-state index contributed by atoms with van der Waals surface area (Å²) in [6.45, 7) is 3.44. The summed E-state index contributed by atoms with van der Waals surface area (Å²) >= 11 is 1.23. The summed E-state index contributed by atoms with van der Waals surface area (Å²) in [4.78, 5) is 12.4. The number of anilines is 1. The van der Waals surface area contributed by atoms with Crippen LogP contribution in [0, 0.1) is 13.8 Å². The molecule has 1 heterocycles. The molecule has 1 amide bonds. The normalized spacial score (nSPS) is 11.6. The van der Waals surface area contributed by atoms with E-state index in [9.17, 15) is 13.2 Å². The lowest BCUT2D eigenvalue weighted by Crippen LogP contribution is -2.35. The van der Waals surface area contributed by atoms with E-state index in [1.165, 1.54) is 18.4 Å². The number of amides is 1. The molecule has 9 heteroatoms. The Balaban J connectivity index is 1.67. The maximum Gasteiger partial charge on any atom is 0.243 e. The number of sulfonamides is 1. The fourth-order valence-corrected chi connectivity index (χ4v) is 4.45. The van der Waals surface area contributed by atoms with E-state index < -0.39 is 15.9 Å². The number of hydrogen-bond donors (Lipinski definition) is 1. The molecule has 0 bridgehead atoms. The first-order chi connectivity index (χ1) is 13.3. The summed E-state index contributed by atoms with van der Waals surface area (Å²) in [6, 6.07) is 14.4. The van der Waals surface area contributed by atoms with Gasteiger partial charge in [-0.3, -0.25) is 10.1 Å². The van der Waals surface area contributed by atoms with Crippen LogP contribution < -0.4 is 5.32 Å². The van der Waals surface area contributed by atoms with Gasteiger partial charge in [0.25, 0.3) is 0 Å². The number of nitrogens with one attached hydrogen (secondary N) is 1. The van der Waals surface area contributed by atoms with Gasteiger partial charge in [-0.15, -0.1) is 10.2 Å². The number of hydrogen-bond acceptors (Lipinski definition) is 6. The molecule has 0 aliphatic rings. The summed E-state index contributed by atoms with van der Waals surface area (Å²) in [7, 11) is -2.39. The largest absolute Gasteiger partial charge is 0.299 e. The van der Waals surface area contributed by atoms with Crippen molar-refractivity contribution in [1.29, 1.82) is 0 Å². The number of carbonyl (C=O) groups excluding carboxylic acids is 1. The van der Waals surface area contributed by atoms with Gasteiger partial charge in [0.05, 0.1) is 11.4 Å². The molecule has 1 N–H and O–H groups in total. The molecule has 0 atom stereocenters. The summed E-state index contributed by atoms with van der Waals surface area (Å²) in [5.74, 6) is -0.481. The van der Waals surface area contributed by atoms with Crippen LogP contribution in [0.3, 0.4) is 0 Å². The van der Waals surface area contributed by atoms with Crippen LogP contribution in [0.1, 0.15) is 11.1 Å². The number of likely N-dealkylation sites (N-methyl/N-ethyl adjacent to an activating group) is 1. The molecule has 7 nitrogen and oxygen atoms in total. The highest BCUT2D eigenvalue weighted by Gasteiger charge is 2.23. The molecule has 0 aliphatic carbocycles. The second-order valence-electron chi connectivity index (χ2n) is 6.33. The highest BCUT2D eigenvalue weighted by Crippen LogP contribution is 2.26. The van der Waals surface area contributed by atoms with E-state index in [0.29, 0.717) is 10.1 Å². The van der Waals surface area contributed by atoms with Crippen LogP contribution in [0.5, 0.6) is 0 Å². The van der Waals surface area contributed by atoms with Crippen molar-refractivity contribution in [2.75, 3.05) is 18.9 Å². The summed E-state index contributed by atoms with van der Waals surface area (Å²) in [5, 5.41) is 11.6. The minimum atomic E-state index is -3.76. The molecule has 146 valence electrons. The van der Waals surface area contributed by atoms with Crippen molar-refractivity contribution < 1.29 is 13.2 Å². The van der Waals surface area contributed by atoms with Crippen molar-refractivity contribution >= 4 is 32.4 Å². The standard InChI is InChI=1S/C19H20N4O3S2/c1-13-9-10-16(11-14(13)2)28(25,26)23(3)12-17(24)20-19-22-21-18(27-19)15-7-5-4-6-8-15/h4-11H,12H2,1-3H3,(H,20,22,24). The summed E-state index contributed by atoms with van der Waals surface area (Å²) in [6.07, 6.45) is 0. The van der Waals surface area contributed by atoms with Crippen molar-refractivity contribution in [3.63, 3.8) is 0 Å². The summed E-state index contributed by atoms with van der Waals surface area (Å²) < 4.78 is 26.4. The predicted molar refractivity (Wildman–Crippen MR) is 110 cm³/mol. The van der Waals surface area contributed by atoms with Crippen LogP contribution in [-0.2, 0) is 14.8 Å². The van der Waals surface area contributed by atoms with Gasteiger partial charge in [0.15, 0.2) is 0 Å². The second kappa shape index (κ2) is 8.17. The Morgan fingerprint density at radius 1 is 1.07 bits per heavy atom. The Morgan fingerprint density at radius 3 is 2.46 bits per heavy atom. The topological polar surface area (TPSA) is 92.3 Å². The molecule has 0 fully saturated rings. The van der Waals surface area contributed by atoms with E-state index in [1.807, 2.05) is 44.2 Å². The minimum absolute atomic E-state index is 0.160. The van der Waals surface area contributed by atoms with Crippen LogP contribution in [0.4, 0.5) is 5.13 Å². The van der Waals surface area contributed by atoms with Crippen molar-refractivity contribution in [2.45, 2.75) is 18.7 Å². The lowest BCUT2D eigenvalue weighted by atomic mass is 10.1. The fraction of sp³-hybridized carbons (Fsp3) is 0.211. The van der Waals surface area contributed by atoms with E-state index in [-0.39, 0.29) is 11.4 Å². The first-order valence-corrected chi connectivity index (χ1v) is 10.8. The van der Waals surface area contributed by atoms with Crippen molar-refractivity contribution in [1.82, 2.24) is 14.5 Å². The van der Waals surface area contributed by atoms with Crippen LogP contribution >= 0.6 is 11.3 Å². The Hall–Kier alpha value is -2.62. The highest BCUT2D eigenvalue weighted by atomic mass is 32.2. The van der Waals surface area contributed by atoms with E-state index in [2.05, 4.69) is 15.5 Å². The van der Waals surface area contributed by atoms with Gasteiger partial charge >= 0.3 is 0 Å². The zero-order valence-corrected chi connectivity index (χ0v) is 17.3. The smallest absolute Gasteiger partial charge is 0.243 e. The van der Waals surface area contributed by atoms with Gasteiger partial charge in [0.1, 0.15) is 5.01 Å². The van der Waals surface area contributed by atoms with E-state index in [4.69, 9.17) is 0 Å². The van der Waals surface area contributed by atoms with E-state index in [1.54, 1.807) is 18.2 Å². The van der Waals surface area contributed by atoms with Gasteiger partial charge in [-0.05, 0) is 37.1 Å². The zero-order chi connectivity index (χ0) is 20.3. The lowest BCUT2D eigenvalue weighted by molar-refractivity contribution is -0.116. The highest BCUT2D eigenvalue weighted by molar-refractivity contribution is 7.89. The maximum atomic E-state index is 12.7. The van der Waals surface area contributed by atoms with Gasteiger partial charge in [0, 0.05) is 12.6 Å². The summed E-state index contributed by atoms with van der Waals surface area (Å²) in [5.41, 5.74) is 2.78. The molecule has 0 saturated carbocycles. The van der Waals surface area contributed by atoms with Crippen LogP contribution in [-0.4, -0.2) is 42.4 Å². The maximum absolute atomic E-state index is 12.7. The van der Waals surface area contributed by atoms with Crippen molar-refractivity contribution in [2.24, 2.45) is 0 Å². The quantitative estimate of drug-likeness (QED) is 0.667. The zero-order valence-electron chi connectivity index (χ0n) is 15.7. The average molecular weight is 417 g/mol. The lowest BCUT2D eigenvalue weighted by Gasteiger charge is -2.17. The van der Waals surface area contributed by atoms with E-state index >= 15 is 0 Å². The molecule has 0 radical (unpaired) electrons. The SMILES string of the molecule is Cc1ccc(S(=O)(=O)N(C)CC(=O)Nc2nnc(-c3ccccc3)s2)cc1C. The molecule has 1 aromatic heterocycles. The van der Waals surface area contributed by atoms with Gasteiger partial charge in [-0.25, -0.2) is 8.42 Å². The number of benzene rings is 2. The van der Waals surface area contributed by atoms with Gasteiger partial charge in [0.2, 0.25) is 21.1 Å². The van der Waals surface area contributed by atoms with Gasteiger partial charge in [-0.1, -0.05) is 47.7 Å². The van der Waals surface area contributed by atoms with Crippen molar-refractivity contribution in [3.05, 3.63) is 59.7 Å². The number of rotatable bonds is 6. The molecule has 2 aromatic carbocycles. The van der Waals surface area contributed by atoms with Gasteiger partial charge in [-0.2, -0.15) is 4.31 Å². The molecule has 0 saturated heterocycles. The number of carbonyl (C=O) groups is 1. The monoisotopic (exact) mass is 416 g/mol. The Morgan fingerprint density at radius 2 is 1.79 bits per heavy atom. The average Bonchev–Trinajstić information content (AvgIpc) is 3.12. The third kappa shape index (κ3) is 4.44. The molecule has 0 unspecified atom stereocenters. The molecule has 0 spiro atoms. The fourth-order valence-electron chi connectivity index (χ4n) is 2.47. The molecular weight excluding hydrogens is 396 g/mol. The van der Waals surface area contributed by atoms with Gasteiger partial charge < -0.3 is 0 Å². The van der Waals surface area contributed by atoms with E-state index in [0.717, 1.165) is 21.0 Å².